The number of carbonyl (C=O) groups excluding carboxylic acids is 3. The van der Waals surface area contributed by atoms with Crippen LogP contribution in [-0.2, 0) is 19.4 Å². The zero-order chi connectivity index (χ0) is 23.5. The van der Waals surface area contributed by atoms with Gasteiger partial charge in [-0.15, -0.1) is 0 Å². The van der Waals surface area contributed by atoms with Crippen LogP contribution in [0, 0.1) is 6.92 Å². The summed E-state index contributed by atoms with van der Waals surface area (Å²) in [5, 5.41) is 1.01. The normalized spacial score (nSPS) is 15.2. The molecule has 0 spiro atoms. The number of benzene rings is 2. The first-order valence-electron chi connectivity index (χ1n) is 10.0. The molecule has 8 nitrogen and oxygen atoms in total. The Morgan fingerprint density at radius 2 is 1.44 bits per heavy atom. The SMILES string of the molecule is CC(=O)N1CCN(C(=O)[C@@H](NC(=O)c2ccc(Cl)cc2)S(=O)(=O)c2ccc(C)cc2)CC1. The van der Waals surface area contributed by atoms with E-state index in [0.717, 1.165) is 5.56 Å². The van der Waals surface area contributed by atoms with Crippen molar-refractivity contribution in [3.63, 3.8) is 0 Å². The maximum Gasteiger partial charge on any atom is 0.261 e. The standard InChI is InChI=1S/C22H24ClN3O5S/c1-15-3-9-19(10-4-15)32(30,31)21(24-20(28)17-5-7-18(23)8-6-17)22(29)26-13-11-25(12-14-26)16(2)27/h3-10,21H,11-14H2,1-2H3,(H,24,28)/t21-/m0/s1. The van der Waals surface area contributed by atoms with Crippen molar-refractivity contribution in [1.29, 1.82) is 0 Å². The molecule has 1 N–H and O–H groups in total. The van der Waals surface area contributed by atoms with Gasteiger partial charge in [0.1, 0.15) is 0 Å². The molecule has 1 fully saturated rings. The van der Waals surface area contributed by atoms with E-state index in [1.807, 2.05) is 6.92 Å². The van der Waals surface area contributed by atoms with Gasteiger partial charge in [-0.1, -0.05) is 29.3 Å². The highest BCUT2D eigenvalue weighted by Gasteiger charge is 2.39. The van der Waals surface area contributed by atoms with Crippen molar-refractivity contribution >= 4 is 39.2 Å². The number of amides is 3. The molecule has 0 bridgehead atoms. The van der Waals surface area contributed by atoms with Crippen LogP contribution >= 0.6 is 11.6 Å². The Labute approximate surface area is 192 Å². The summed E-state index contributed by atoms with van der Waals surface area (Å²) in [7, 11) is -4.24. The van der Waals surface area contributed by atoms with Gasteiger partial charge < -0.3 is 15.1 Å². The molecule has 170 valence electrons. The summed E-state index contributed by atoms with van der Waals surface area (Å²) >= 11 is 5.86. The average Bonchev–Trinajstić information content (AvgIpc) is 2.77. The number of sulfone groups is 1. The van der Waals surface area contributed by atoms with Crippen molar-refractivity contribution in [3.05, 3.63) is 64.7 Å². The average molecular weight is 478 g/mol. The lowest BCUT2D eigenvalue weighted by Gasteiger charge is -2.36. The van der Waals surface area contributed by atoms with Gasteiger partial charge in [0.05, 0.1) is 4.90 Å². The molecule has 3 amide bonds. The van der Waals surface area contributed by atoms with Crippen molar-refractivity contribution in [2.75, 3.05) is 26.2 Å². The fourth-order valence-corrected chi connectivity index (χ4v) is 4.94. The number of halogens is 1. The Bertz CT molecular complexity index is 1110. The molecule has 0 aromatic heterocycles. The second-order valence-electron chi connectivity index (χ2n) is 7.55. The van der Waals surface area contributed by atoms with Crippen LogP contribution in [0.1, 0.15) is 22.8 Å². The van der Waals surface area contributed by atoms with Gasteiger partial charge in [0.25, 0.3) is 11.8 Å². The molecule has 3 rings (SSSR count). The minimum Gasteiger partial charge on any atom is -0.339 e. The van der Waals surface area contributed by atoms with E-state index in [2.05, 4.69) is 5.32 Å². The van der Waals surface area contributed by atoms with Gasteiger partial charge in [0.15, 0.2) is 0 Å². The van der Waals surface area contributed by atoms with Gasteiger partial charge in [-0.3, -0.25) is 14.4 Å². The molecule has 2 aromatic rings. The van der Waals surface area contributed by atoms with E-state index in [9.17, 15) is 22.8 Å². The summed E-state index contributed by atoms with van der Waals surface area (Å²) < 4.78 is 26.7. The first-order valence-corrected chi connectivity index (χ1v) is 11.9. The Kier molecular flexibility index (Phi) is 7.20. The molecule has 0 unspecified atom stereocenters. The van der Waals surface area contributed by atoms with Gasteiger partial charge in [-0.25, -0.2) is 8.42 Å². The molecule has 1 saturated heterocycles. The summed E-state index contributed by atoms with van der Waals surface area (Å²) in [5.74, 6) is -1.56. The molecule has 0 radical (unpaired) electrons. The highest BCUT2D eigenvalue weighted by Crippen LogP contribution is 2.19. The fraction of sp³-hybridized carbons (Fsp3) is 0.318. The third kappa shape index (κ3) is 5.28. The first-order chi connectivity index (χ1) is 15.1. The van der Waals surface area contributed by atoms with Crippen molar-refractivity contribution in [2.45, 2.75) is 24.1 Å². The number of piperazine rings is 1. The molecular weight excluding hydrogens is 454 g/mol. The Hall–Kier alpha value is -2.91. The van der Waals surface area contributed by atoms with E-state index >= 15 is 0 Å². The van der Waals surface area contributed by atoms with E-state index in [4.69, 9.17) is 11.6 Å². The lowest BCUT2D eigenvalue weighted by Crippen LogP contribution is -2.57. The zero-order valence-electron chi connectivity index (χ0n) is 17.7. The largest absolute Gasteiger partial charge is 0.339 e. The smallest absolute Gasteiger partial charge is 0.261 e. The second kappa shape index (κ2) is 9.70. The van der Waals surface area contributed by atoms with Gasteiger partial charge in [-0.2, -0.15) is 0 Å². The number of nitrogens with one attached hydrogen (secondary N) is 1. The molecule has 1 aliphatic heterocycles. The molecule has 1 atom stereocenters. The number of hydrogen-bond acceptors (Lipinski definition) is 5. The molecule has 2 aromatic carbocycles. The van der Waals surface area contributed by atoms with E-state index in [0.29, 0.717) is 18.1 Å². The van der Waals surface area contributed by atoms with Crippen LogP contribution in [0.2, 0.25) is 5.02 Å². The Morgan fingerprint density at radius 3 is 1.97 bits per heavy atom. The first kappa shape index (κ1) is 23.7. The lowest BCUT2D eigenvalue weighted by molar-refractivity contribution is -0.138. The predicted octanol–water partition coefficient (Wildman–Crippen LogP) is 1.87. The van der Waals surface area contributed by atoms with Crippen LogP contribution < -0.4 is 5.32 Å². The number of hydrogen-bond donors (Lipinski definition) is 1. The number of aryl methyl sites for hydroxylation is 1. The molecule has 0 aliphatic carbocycles. The van der Waals surface area contributed by atoms with Crippen molar-refractivity contribution in [3.8, 4) is 0 Å². The maximum atomic E-state index is 13.4. The highest BCUT2D eigenvalue weighted by atomic mass is 35.5. The van der Waals surface area contributed by atoms with E-state index in [1.165, 1.54) is 48.2 Å². The summed E-state index contributed by atoms with van der Waals surface area (Å²) in [5.41, 5.74) is 1.03. The van der Waals surface area contributed by atoms with Crippen molar-refractivity contribution in [1.82, 2.24) is 15.1 Å². The van der Waals surface area contributed by atoms with Crippen molar-refractivity contribution < 1.29 is 22.8 Å². The molecule has 32 heavy (non-hydrogen) atoms. The summed E-state index contributed by atoms with van der Waals surface area (Å²) in [4.78, 5) is 40.5. The number of rotatable bonds is 5. The third-order valence-electron chi connectivity index (χ3n) is 5.29. The topological polar surface area (TPSA) is 104 Å². The highest BCUT2D eigenvalue weighted by molar-refractivity contribution is 7.92. The Balaban J connectivity index is 1.90. The lowest BCUT2D eigenvalue weighted by atomic mass is 10.2. The predicted molar refractivity (Wildman–Crippen MR) is 120 cm³/mol. The monoisotopic (exact) mass is 477 g/mol. The van der Waals surface area contributed by atoms with Crippen molar-refractivity contribution in [2.24, 2.45) is 0 Å². The quantitative estimate of drug-likeness (QED) is 0.708. The second-order valence-corrected chi connectivity index (χ2v) is 10.0. The fourth-order valence-electron chi connectivity index (χ4n) is 3.35. The number of carbonyl (C=O) groups is 3. The van der Waals surface area contributed by atoms with Gasteiger partial charge in [0, 0.05) is 43.7 Å². The minimum absolute atomic E-state index is 0.0692. The van der Waals surface area contributed by atoms with Crippen LogP contribution in [0.5, 0.6) is 0 Å². The molecule has 1 aliphatic rings. The molecule has 1 heterocycles. The summed E-state index contributed by atoms with van der Waals surface area (Å²) in [6, 6.07) is 12.0. The zero-order valence-corrected chi connectivity index (χ0v) is 19.3. The summed E-state index contributed by atoms with van der Waals surface area (Å²) in [6.07, 6.45) is 0. The summed E-state index contributed by atoms with van der Waals surface area (Å²) in [6.45, 7) is 4.20. The molecule has 0 saturated carbocycles. The van der Waals surface area contributed by atoms with Crippen LogP contribution in [0.15, 0.2) is 53.4 Å². The Morgan fingerprint density at radius 1 is 0.906 bits per heavy atom. The van der Waals surface area contributed by atoms with Crippen LogP contribution in [0.4, 0.5) is 0 Å². The molecular formula is C22H24ClN3O5S. The van der Waals surface area contributed by atoms with Crippen LogP contribution in [-0.4, -0.2) is 67.5 Å². The van der Waals surface area contributed by atoms with Gasteiger partial charge >= 0.3 is 0 Å². The van der Waals surface area contributed by atoms with E-state index in [1.54, 1.807) is 17.0 Å². The van der Waals surface area contributed by atoms with E-state index in [-0.39, 0.29) is 29.5 Å². The van der Waals surface area contributed by atoms with Crippen LogP contribution in [0.3, 0.4) is 0 Å². The maximum absolute atomic E-state index is 13.4. The third-order valence-corrected chi connectivity index (χ3v) is 7.41. The van der Waals surface area contributed by atoms with Gasteiger partial charge in [-0.05, 0) is 43.3 Å². The van der Waals surface area contributed by atoms with Gasteiger partial charge in [0.2, 0.25) is 21.1 Å². The minimum atomic E-state index is -4.24. The molecule has 10 heteroatoms. The van der Waals surface area contributed by atoms with E-state index < -0.39 is 27.0 Å². The number of nitrogens with zero attached hydrogens (tertiary/aromatic N) is 2. The van der Waals surface area contributed by atoms with Crippen LogP contribution in [0.25, 0.3) is 0 Å².